The van der Waals surface area contributed by atoms with E-state index >= 15 is 0 Å². The molecule has 0 amide bonds. The Morgan fingerprint density at radius 3 is 2.43 bits per heavy atom. The summed E-state index contributed by atoms with van der Waals surface area (Å²) in [7, 11) is 4.16. The van der Waals surface area contributed by atoms with E-state index in [9.17, 15) is 4.79 Å². The van der Waals surface area contributed by atoms with E-state index in [0.717, 1.165) is 36.3 Å². The molecule has 2 aromatic carbocycles. The van der Waals surface area contributed by atoms with Crippen LogP contribution in [0.2, 0.25) is 0 Å². The van der Waals surface area contributed by atoms with Gasteiger partial charge in [-0.05, 0) is 25.5 Å². The minimum Gasteiger partial charge on any atom is -1.00 e. The van der Waals surface area contributed by atoms with Gasteiger partial charge < -0.3 is 26.5 Å². The van der Waals surface area contributed by atoms with Gasteiger partial charge >= 0.3 is 0 Å². The summed E-state index contributed by atoms with van der Waals surface area (Å²) >= 11 is 0. The van der Waals surface area contributed by atoms with Crippen LogP contribution in [-0.4, -0.2) is 20.7 Å². The topological polar surface area (TPSA) is 43.9 Å². The molecule has 1 heterocycles. The number of quaternary nitrogens is 1. The van der Waals surface area contributed by atoms with E-state index in [2.05, 4.69) is 21.0 Å². The van der Waals surface area contributed by atoms with E-state index in [-0.39, 0.29) is 17.8 Å². The summed E-state index contributed by atoms with van der Waals surface area (Å²) in [6, 6.07) is 13.5. The molecular formula is C23H28ClNO3. The van der Waals surface area contributed by atoms with Crippen molar-refractivity contribution < 1.29 is 26.5 Å². The molecule has 0 radical (unpaired) electrons. The van der Waals surface area contributed by atoms with E-state index in [0.29, 0.717) is 28.9 Å². The van der Waals surface area contributed by atoms with Crippen LogP contribution >= 0.6 is 0 Å². The van der Waals surface area contributed by atoms with Crippen molar-refractivity contribution in [2.45, 2.75) is 33.2 Å². The van der Waals surface area contributed by atoms with Gasteiger partial charge in [0.2, 0.25) is 0 Å². The molecule has 0 atom stereocenters. The van der Waals surface area contributed by atoms with Gasteiger partial charge in [-0.3, -0.25) is 4.79 Å². The van der Waals surface area contributed by atoms with Gasteiger partial charge in [-0.1, -0.05) is 43.7 Å². The molecule has 0 aliphatic carbocycles. The maximum atomic E-state index is 13.0. The average molecular weight is 402 g/mol. The molecule has 28 heavy (non-hydrogen) atoms. The molecule has 0 unspecified atom stereocenters. The predicted octanol–water partition coefficient (Wildman–Crippen LogP) is 0.596. The van der Waals surface area contributed by atoms with Crippen LogP contribution in [0.4, 0.5) is 0 Å². The van der Waals surface area contributed by atoms with Crippen LogP contribution < -0.4 is 27.5 Å². The largest absolute Gasteiger partial charge is 1.00 e. The first-order chi connectivity index (χ1) is 13.0. The number of unbranched alkanes of at least 4 members (excludes halogenated alkanes) is 1. The number of fused-ring (bicyclic) bond motifs is 1. The van der Waals surface area contributed by atoms with Crippen molar-refractivity contribution in [1.82, 2.24) is 0 Å². The number of rotatable bonds is 7. The third kappa shape index (κ3) is 4.57. The number of halogens is 1. The van der Waals surface area contributed by atoms with Gasteiger partial charge in [0.1, 0.15) is 18.1 Å². The van der Waals surface area contributed by atoms with Crippen LogP contribution in [0.15, 0.2) is 51.7 Å². The Kier molecular flexibility index (Phi) is 7.67. The molecule has 0 saturated heterocycles. The van der Waals surface area contributed by atoms with E-state index < -0.39 is 0 Å². The lowest BCUT2D eigenvalue weighted by atomic mass is 10.0. The molecule has 0 saturated carbocycles. The number of hydrogen-bond donors (Lipinski definition) is 1. The van der Waals surface area contributed by atoms with Crippen LogP contribution in [0.1, 0.15) is 30.9 Å². The number of nitrogens with one attached hydrogen (secondary N) is 1. The van der Waals surface area contributed by atoms with Crippen LogP contribution in [-0.2, 0) is 6.54 Å². The molecule has 0 fully saturated rings. The fourth-order valence-electron chi connectivity index (χ4n) is 3.24. The first-order valence-electron chi connectivity index (χ1n) is 9.59. The Morgan fingerprint density at radius 1 is 1.07 bits per heavy atom. The zero-order valence-electron chi connectivity index (χ0n) is 17.0. The molecule has 0 aliphatic heterocycles. The highest BCUT2D eigenvalue weighted by molar-refractivity contribution is 5.85. The van der Waals surface area contributed by atoms with Crippen LogP contribution in [0.3, 0.4) is 0 Å². The molecule has 5 heteroatoms. The molecule has 0 bridgehead atoms. The van der Waals surface area contributed by atoms with Gasteiger partial charge in [-0.15, -0.1) is 0 Å². The second kappa shape index (κ2) is 9.76. The Morgan fingerprint density at radius 2 is 1.79 bits per heavy atom. The molecule has 1 N–H and O–H groups in total. The van der Waals surface area contributed by atoms with E-state index in [4.69, 9.17) is 9.15 Å². The summed E-state index contributed by atoms with van der Waals surface area (Å²) in [5.41, 5.74) is 3.16. The Hall–Kier alpha value is -2.30. The summed E-state index contributed by atoms with van der Waals surface area (Å²) in [6.07, 6.45) is 2.08. The fraction of sp³-hybridized carbons (Fsp3) is 0.348. The Balaban J connectivity index is 0.00000280. The maximum absolute atomic E-state index is 13.0. The standard InChI is InChI=1S/C23H27NO3.ClH/c1-5-6-14-26-20-13-12-18-21(25)16(2)22(17-10-8-7-9-11-17)27-23(18)19(20)15-24(3)4;/h7-13H,5-6,14-15H2,1-4H3;1H. The molecule has 150 valence electrons. The van der Waals surface area contributed by atoms with E-state index in [1.807, 2.05) is 49.4 Å². The normalized spacial score (nSPS) is 10.9. The molecular weight excluding hydrogens is 374 g/mol. The highest BCUT2D eigenvalue weighted by Crippen LogP contribution is 2.31. The lowest BCUT2D eigenvalue weighted by Crippen LogP contribution is -3.04. The molecule has 3 aromatic rings. The van der Waals surface area contributed by atoms with Gasteiger partial charge in [0.15, 0.2) is 11.0 Å². The minimum atomic E-state index is 0. The smallest absolute Gasteiger partial charge is 0.196 e. The van der Waals surface area contributed by atoms with E-state index in [1.165, 1.54) is 4.90 Å². The number of ether oxygens (including phenoxy) is 1. The van der Waals surface area contributed by atoms with Gasteiger partial charge in [0.25, 0.3) is 0 Å². The third-order valence-electron chi connectivity index (χ3n) is 4.67. The third-order valence-corrected chi connectivity index (χ3v) is 4.67. The summed E-state index contributed by atoms with van der Waals surface area (Å²) in [5, 5.41) is 0.617. The van der Waals surface area contributed by atoms with Crippen LogP contribution in [0.25, 0.3) is 22.3 Å². The highest BCUT2D eigenvalue weighted by atomic mass is 35.5. The zero-order valence-corrected chi connectivity index (χ0v) is 17.7. The average Bonchev–Trinajstić information content (AvgIpc) is 2.66. The molecule has 1 aromatic heterocycles. The van der Waals surface area contributed by atoms with E-state index in [1.54, 1.807) is 0 Å². The van der Waals surface area contributed by atoms with Gasteiger partial charge in [-0.25, -0.2) is 0 Å². The first kappa shape index (κ1) is 22.0. The Bertz CT molecular complexity index is 981. The van der Waals surface area contributed by atoms with Crippen molar-refractivity contribution >= 4 is 11.0 Å². The summed E-state index contributed by atoms with van der Waals surface area (Å²) < 4.78 is 12.4. The number of benzene rings is 2. The van der Waals surface area contributed by atoms with Gasteiger partial charge in [0.05, 0.1) is 31.7 Å². The van der Waals surface area contributed by atoms with Crippen molar-refractivity contribution in [2.75, 3.05) is 20.7 Å². The fourth-order valence-corrected chi connectivity index (χ4v) is 3.24. The van der Waals surface area contributed by atoms with Gasteiger partial charge in [0, 0.05) is 11.1 Å². The maximum Gasteiger partial charge on any atom is 0.196 e. The van der Waals surface area contributed by atoms with Crippen molar-refractivity contribution in [3.63, 3.8) is 0 Å². The second-order valence-electron chi connectivity index (χ2n) is 7.26. The highest BCUT2D eigenvalue weighted by Gasteiger charge is 2.19. The first-order valence-corrected chi connectivity index (χ1v) is 9.59. The molecule has 0 spiro atoms. The monoisotopic (exact) mass is 401 g/mol. The summed E-state index contributed by atoms with van der Waals surface area (Å²) in [5.74, 6) is 1.44. The lowest BCUT2D eigenvalue weighted by molar-refractivity contribution is -0.872. The van der Waals surface area contributed by atoms with Crippen molar-refractivity contribution in [3.05, 3.63) is 63.8 Å². The number of hydrogen-bond acceptors (Lipinski definition) is 3. The molecule has 4 nitrogen and oxygen atoms in total. The summed E-state index contributed by atoms with van der Waals surface area (Å²) in [6.45, 7) is 5.36. The Labute approximate surface area is 172 Å². The van der Waals surface area contributed by atoms with Crippen LogP contribution in [0.5, 0.6) is 5.75 Å². The SMILES string of the molecule is CCCCOc1ccc2c(=O)c(C)c(-c3ccccc3)oc2c1C[NH+](C)C.[Cl-]. The minimum absolute atomic E-state index is 0. The van der Waals surface area contributed by atoms with Crippen molar-refractivity contribution in [1.29, 1.82) is 0 Å². The summed E-state index contributed by atoms with van der Waals surface area (Å²) in [4.78, 5) is 14.3. The van der Waals surface area contributed by atoms with Gasteiger partial charge in [-0.2, -0.15) is 0 Å². The van der Waals surface area contributed by atoms with Crippen LogP contribution in [0, 0.1) is 6.92 Å². The molecule has 0 aliphatic rings. The zero-order chi connectivity index (χ0) is 19.4. The quantitative estimate of drug-likeness (QED) is 0.589. The lowest BCUT2D eigenvalue weighted by Gasteiger charge is -2.16. The van der Waals surface area contributed by atoms with Crippen molar-refractivity contribution in [3.8, 4) is 17.1 Å². The van der Waals surface area contributed by atoms with Crippen molar-refractivity contribution in [2.24, 2.45) is 0 Å². The molecule has 3 rings (SSSR count). The second-order valence-corrected chi connectivity index (χ2v) is 7.26. The predicted molar refractivity (Wildman–Crippen MR) is 110 cm³/mol.